The number of hydrogen-bond donors (Lipinski definition) is 3. The highest BCUT2D eigenvalue weighted by Crippen LogP contribution is 2.32. The van der Waals surface area contributed by atoms with Gasteiger partial charge in [0.05, 0.1) is 12.2 Å². The first-order chi connectivity index (χ1) is 10.0. The van der Waals surface area contributed by atoms with Gasteiger partial charge in [0.25, 0.3) is 0 Å². The van der Waals surface area contributed by atoms with Crippen molar-refractivity contribution in [2.45, 2.75) is 44.7 Å². The maximum absolute atomic E-state index is 12.0. The van der Waals surface area contributed by atoms with E-state index in [0.29, 0.717) is 18.5 Å². The Labute approximate surface area is 123 Å². The lowest BCUT2D eigenvalue weighted by Gasteiger charge is -2.36. The fourth-order valence-corrected chi connectivity index (χ4v) is 2.77. The topological polar surface area (TPSA) is 104 Å². The van der Waals surface area contributed by atoms with E-state index < -0.39 is 17.5 Å². The van der Waals surface area contributed by atoms with Gasteiger partial charge in [-0.05, 0) is 30.9 Å². The Morgan fingerprint density at radius 1 is 1.52 bits per heavy atom. The first-order valence-electron chi connectivity index (χ1n) is 7.08. The Hall–Kier alpha value is -2.18. The van der Waals surface area contributed by atoms with Gasteiger partial charge in [0.1, 0.15) is 5.54 Å². The summed E-state index contributed by atoms with van der Waals surface area (Å²) in [5, 5.41) is 22.3. The highest BCUT2D eigenvalue weighted by atomic mass is 16.4. The second-order valence-corrected chi connectivity index (χ2v) is 5.61. The van der Waals surface area contributed by atoms with E-state index in [2.05, 4.69) is 20.8 Å². The molecular formula is C14H20N4O3. The number of carboxylic acid groups (broad SMARTS) is 1. The summed E-state index contributed by atoms with van der Waals surface area (Å²) in [6.07, 6.45) is 4.27. The SMILES string of the molecule is CC1CCCC(NC(=O)NCc2cccnn2)(C(=O)O)C1. The Balaban J connectivity index is 1.94. The molecule has 1 fully saturated rings. The van der Waals surface area contributed by atoms with Crippen molar-refractivity contribution in [1.29, 1.82) is 0 Å². The molecule has 2 atom stereocenters. The van der Waals surface area contributed by atoms with Gasteiger partial charge in [0, 0.05) is 6.20 Å². The lowest BCUT2D eigenvalue weighted by molar-refractivity contribution is -0.146. The third kappa shape index (κ3) is 3.90. The van der Waals surface area contributed by atoms with Crippen LogP contribution >= 0.6 is 0 Å². The van der Waals surface area contributed by atoms with Gasteiger partial charge in [-0.2, -0.15) is 10.2 Å². The van der Waals surface area contributed by atoms with E-state index in [-0.39, 0.29) is 12.5 Å². The molecule has 0 spiro atoms. The van der Waals surface area contributed by atoms with Crippen LogP contribution in [0.3, 0.4) is 0 Å². The van der Waals surface area contributed by atoms with E-state index in [4.69, 9.17) is 0 Å². The van der Waals surface area contributed by atoms with E-state index in [9.17, 15) is 14.7 Å². The average molecular weight is 292 g/mol. The molecule has 2 rings (SSSR count). The molecule has 2 amide bonds. The zero-order valence-corrected chi connectivity index (χ0v) is 12.0. The van der Waals surface area contributed by atoms with Crippen molar-refractivity contribution in [2.75, 3.05) is 0 Å². The molecule has 0 radical (unpaired) electrons. The lowest BCUT2D eigenvalue weighted by Crippen LogP contribution is -2.59. The molecule has 1 aliphatic carbocycles. The third-order valence-electron chi connectivity index (χ3n) is 3.82. The van der Waals surface area contributed by atoms with Gasteiger partial charge in [-0.25, -0.2) is 9.59 Å². The summed E-state index contributed by atoms with van der Waals surface area (Å²) in [5.41, 5.74) is -0.543. The molecule has 1 aromatic heterocycles. The number of hydrogen-bond acceptors (Lipinski definition) is 4. The van der Waals surface area contributed by atoms with Gasteiger partial charge in [-0.1, -0.05) is 19.8 Å². The second-order valence-electron chi connectivity index (χ2n) is 5.61. The Kier molecular flexibility index (Phi) is 4.72. The molecule has 2 unspecified atom stereocenters. The Morgan fingerprint density at radius 2 is 2.33 bits per heavy atom. The first kappa shape index (κ1) is 15.2. The molecule has 1 saturated carbocycles. The van der Waals surface area contributed by atoms with Gasteiger partial charge in [-0.3, -0.25) is 0 Å². The third-order valence-corrected chi connectivity index (χ3v) is 3.82. The number of carbonyl (C=O) groups is 2. The highest BCUT2D eigenvalue weighted by molar-refractivity contribution is 5.86. The number of carbonyl (C=O) groups excluding carboxylic acids is 1. The van der Waals surface area contributed by atoms with Crippen molar-refractivity contribution >= 4 is 12.0 Å². The zero-order valence-electron chi connectivity index (χ0n) is 12.0. The summed E-state index contributed by atoms with van der Waals surface area (Å²) in [6, 6.07) is 2.98. The minimum absolute atomic E-state index is 0.213. The summed E-state index contributed by atoms with van der Waals surface area (Å²) >= 11 is 0. The monoisotopic (exact) mass is 292 g/mol. The molecule has 7 nitrogen and oxygen atoms in total. The lowest BCUT2D eigenvalue weighted by atomic mass is 9.76. The fourth-order valence-electron chi connectivity index (χ4n) is 2.77. The van der Waals surface area contributed by atoms with E-state index in [1.165, 1.54) is 0 Å². The average Bonchev–Trinajstić information content (AvgIpc) is 2.46. The number of nitrogens with one attached hydrogen (secondary N) is 2. The molecule has 7 heteroatoms. The predicted octanol–water partition coefficient (Wildman–Crippen LogP) is 1.31. The Morgan fingerprint density at radius 3 is 2.95 bits per heavy atom. The van der Waals surface area contributed by atoms with Crippen LogP contribution < -0.4 is 10.6 Å². The fraction of sp³-hybridized carbons (Fsp3) is 0.571. The Bertz CT molecular complexity index is 508. The molecular weight excluding hydrogens is 272 g/mol. The number of aliphatic carboxylic acids is 1. The number of aromatic nitrogens is 2. The van der Waals surface area contributed by atoms with Crippen LogP contribution in [-0.4, -0.2) is 32.8 Å². The summed E-state index contributed by atoms with van der Waals surface area (Å²) < 4.78 is 0. The molecule has 0 aliphatic heterocycles. The van der Waals surface area contributed by atoms with Crippen LogP contribution in [0.4, 0.5) is 4.79 Å². The molecule has 3 N–H and O–H groups in total. The summed E-state index contributed by atoms with van der Waals surface area (Å²) in [5.74, 6) is -0.682. The maximum atomic E-state index is 12.0. The predicted molar refractivity (Wildman–Crippen MR) is 75.4 cm³/mol. The number of amides is 2. The van der Waals surface area contributed by atoms with Gasteiger partial charge < -0.3 is 15.7 Å². The molecule has 21 heavy (non-hydrogen) atoms. The smallest absolute Gasteiger partial charge is 0.329 e. The van der Waals surface area contributed by atoms with Gasteiger partial charge in [-0.15, -0.1) is 0 Å². The van der Waals surface area contributed by atoms with E-state index in [1.807, 2.05) is 6.92 Å². The number of urea groups is 1. The van der Waals surface area contributed by atoms with Crippen molar-refractivity contribution < 1.29 is 14.7 Å². The number of nitrogens with zero attached hydrogens (tertiary/aromatic N) is 2. The molecule has 0 saturated heterocycles. The highest BCUT2D eigenvalue weighted by Gasteiger charge is 2.43. The minimum Gasteiger partial charge on any atom is -0.480 e. The van der Waals surface area contributed by atoms with Gasteiger partial charge in [0.2, 0.25) is 0 Å². The van der Waals surface area contributed by atoms with Crippen LogP contribution in [0.1, 0.15) is 38.3 Å². The van der Waals surface area contributed by atoms with Crippen molar-refractivity contribution in [2.24, 2.45) is 5.92 Å². The van der Waals surface area contributed by atoms with Crippen LogP contribution in [-0.2, 0) is 11.3 Å². The van der Waals surface area contributed by atoms with Crippen molar-refractivity contribution in [3.05, 3.63) is 24.0 Å². The normalized spacial score (nSPS) is 25.1. The number of rotatable bonds is 4. The number of carboxylic acids is 1. The molecule has 1 aliphatic rings. The molecule has 0 bridgehead atoms. The van der Waals surface area contributed by atoms with Crippen LogP contribution in [0.5, 0.6) is 0 Å². The second kappa shape index (κ2) is 6.51. The molecule has 1 heterocycles. The molecule has 1 aromatic rings. The van der Waals surface area contributed by atoms with Crippen molar-refractivity contribution in [3.8, 4) is 0 Å². The van der Waals surface area contributed by atoms with E-state index >= 15 is 0 Å². The van der Waals surface area contributed by atoms with Crippen molar-refractivity contribution in [3.63, 3.8) is 0 Å². The quantitative estimate of drug-likeness (QED) is 0.776. The van der Waals surface area contributed by atoms with E-state index in [1.54, 1.807) is 18.3 Å². The zero-order chi connectivity index (χ0) is 15.3. The molecule has 114 valence electrons. The molecule has 0 aromatic carbocycles. The summed E-state index contributed by atoms with van der Waals surface area (Å²) in [6.45, 7) is 2.22. The standard InChI is InChI=1S/C14H20N4O3/c1-10-4-2-6-14(8-10,12(19)20)17-13(21)15-9-11-5-3-7-16-18-11/h3,5,7,10H,2,4,6,8-9H2,1H3,(H,19,20)(H2,15,17,21). The van der Waals surface area contributed by atoms with Crippen LogP contribution in [0.25, 0.3) is 0 Å². The largest absolute Gasteiger partial charge is 0.480 e. The summed E-state index contributed by atoms with van der Waals surface area (Å²) in [7, 11) is 0. The van der Waals surface area contributed by atoms with Crippen LogP contribution in [0.15, 0.2) is 18.3 Å². The maximum Gasteiger partial charge on any atom is 0.329 e. The van der Waals surface area contributed by atoms with Crippen molar-refractivity contribution in [1.82, 2.24) is 20.8 Å². The summed E-state index contributed by atoms with van der Waals surface area (Å²) in [4.78, 5) is 23.5. The van der Waals surface area contributed by atoms with Crippen LogP contribution in [0.2, 0.25) is 0 Å². The van der Waals surface area contributed by atoms with Crippen LogP contribution in [0, 0.1) is 5.92 Å². The van der Waals surface area contributed by atoms with Gasteiger partial charge >= 0.3 is 12.0 Å². The van der Waals surface area contributed by atoms with E-state index in [0.717, 1.165) is 12.8 Å². The van der Waals surface area contributed by atoms with Gasteiger partial charge in [0.15, 0.2) is 0 Å². The first-order valence-corrected chi connectivity index (χ1v) is 7.08. The minimum atomic E-state index is -1.16.